The molecule has 0 atom stereocenters. The van der Waals surface area contributed by atoms with Crippen molar-refractivity contribution in [1.82, 2.24) is 0 Å². The molecule has 0 N–H and O–H groups in total. The molecule has 33 heavy (non-hydrogen) atoms. The molecule has 0 unspecified atom stereocenters. The van der Waals surface area contributed by atoms with Crippen LogP contribution >= 0.6 is 0 Å². The Morgan fingerprint density at radius 2 is 0.727 bits per heavy atom. The first-order chi connectivity index (χ1) is 15.6. The molecule has 0 aromatic heterocycles. The first-order valence-corrected chi connectivity index (χ1v) is 12.6. The highest BCUT2D eigenvalue weighted by Crippen LogP contribution is 2.12. The summed E-state index contributed by atoms with van der Waals surface area (Å²) in [7, 11) is -5.61. The van der Waals surface area contributed by atoms with Crippen molar-refractivity contribution in [2.24, 2.45) is 0 Å². The van der Waals surface area contributed by atoms with Crippen molar-refractivity contribution in [3.05, 3.63) is 108 Å². The van der Waals surface area contributed by atoms with E-state index in [0.29, 0.717) is 16.7 Å². The number of Topliss-reactive ketones (excluding diaryl/α,β-unsaturated/α-hetero) is 3. The molecule has 0 bridgehead atoms. The zero-order chi connectivity index (χ0) is 24.3. The van der Waals surface area contributed by atoms with Crippen LogP contribution in [0.2, 0.25) is 0 Å². The van der Waals surface area contributed by atoms with Crippen molar-refractivity contribution in [2.45, 2.75) is 0 Å². The van der Waals surface area contributed by atoms with Gasteiger partial charge in [-0.1, -0.05) is 91.0 Å². The molecule has 3 rings (SSSR count). The van der Waals surface area contributed by atoms with Gasteiger partial charge in [-0.15, -0.1) is 10.2 Å². The zero-order valence-corrected chi connectivity index (χ0v) is 19.0. The Hall–Kier alpha value is -2.85. The molecule has 0 aliphatic heterocycles. The molecule has 0 aliphatic carbocycles. The van der Waals surface area contributed by atoms with E-state index < -0.39 is 21.1 Å². The van der Waals surface area contributed by atoms with E-state index in [1.54, 1.807) is 36.4 Å². The molecule has 0 heterocycles. The molecule has 0 aliphatic rings. The Kier molecular flexibility index (Phi) is 10.4. The van der Waals surface area contributed by atoms with Gasteiger partial charge in [0.05, 0.1) is 0 Å². The van der Waals surface area contributed by atoms with Crippen molar-refractivity contribution < 1.29 is 43.3 Å². The fourth-order valence-electron chi connectivity index (χ4n) is 2.83. The number of rotatable bonds is 9. The summed E-state index contributed by atoms with van der Waals surface area (Å²) in [6.45, 7) is 0. The highest BCUT2D eigenvalue weighted by atomic mass is 35.7. The van der Waals surface area contributed by atoms with Crippen LogP contribution in [0.25, 0.3) is 0 Å². The smallest absolute Gasteiger partial charge is 0.211 e. The third-order valence-electron chi connectivity index (χ3n) is 4.29. The molecular formula is C24H21ClO7S. The Balaban J connectivity index is 0.000000696. The van der Waals surface area contributed by atoms with Gasteiger partial charge in [0.25, 0.3) is 0 Å². The lowest BCUT2D eigenvalue weighted by Crippen LogP contribution is -2.68. The van der Waals surface area contributed by atoms with E-state index in [1.807, 2.05) is 54.6 Å². The SMILES string of the molecule is O=C(C[S+](CC(=O)c1ccccc1)CC(=O)c1ccccc1)c1ccccc1.[O-][Cl+3]([O-])([O-])[O-]. The number of benzene rings is 3. The third-order valence-corrected chi connectivity index (χ3v) is 6.30. The monoisotopic (exact) mass is 488 g/mol. The summed E-state index contributed by atoms with van der Waals surface area (Å²) in [5.41, 5.74) is 1.83. The van der Waals surface area contributed by atoms with Crippen LogP contribution in [0.1, 0.15) is 31.1 Å². The summed E-state index contributed by atoms with van der Waals surface area (Å²) in [5, 5.41) is 0. The van der Waals surface area contributed by atoms with E-state index in [2.05, 4.69) is 0 Å². The molecule has 3 aromatic rings. The third kappa shape index (κ3) is 10.5. The summed E-state index contributed by atoms with van der Waals surface area (Å²) >= 11 is 0. The summed E-state index contributed by atoms with van der Waals surface area (Å²) in [4.78, 5) is 38.0. The van der Waals surface area contributed by atoms with Gasteiger partial charge in [0.1, 0.15) is 0 Å². The number of carbonyl (C=O) groups is 3. The van der Waals surface area contributed by atoms with E-state index in [4.69, 9.17) is 18.6 Å². The van der Waals surface area contributed by atoms with Crippen LogP contribution in [-0.4, -0.2) is 34.6 Å². The molecule has 0 saturated carbocycles. The van der Waals surface area contributed by atoms with E-state index >= 15 is 0 Å². The average molecular weight is 489 g/mol. The quantitative estimate of drug-likeness (QED) is 0.291. The Morgan fingerprint density at radius 3 is 0.939 bits per heavy atom. The van der Waals surface area contributed by atoms with E-state index in [9.17, 15) is 14.4 Å². The highest BCUT2D eigenvalue weighted by Gasteiger charge is 2.30. The van der Waals surface area contributed by atoms with Crippen LogP contribution in [0.15, 0.2) is 91.0 Å². The Labute approximate surface area is 196 Å². The largest absolute Gasteiger partial charge is 0.289 e. The molecule has 0 amide bonds. The number of hydrogen-bond acceptors (Lipinski definition) is 7. The van der Waals surface area contributed by atoms with Crippen molar-refractivity contribution in [1.29, 1.82) is 0 Å². The van der Waals surface area contributed by atoms with E-state index in [0.717, 1.165) is 0 Å². The van der Waals surface area contributed by atoms with E-state index in [-0.39, 0.29) is 34.6 Å². The molecule has 0 saturated heterocycles. The second kappa shape index (κ2) is 13.0. The maximum absolute atomic E-state index is 12.7. The van der Waals surface area contributed by atoms with Gasteiger partial charge in [-0.3, -0.25) is 14.4 Å². The molecule has 0 fully saturated rings. The fourth-order valence-corrected chi connectivity index (χ4v) is 4.75. The molecular weight excluding hydrogens is 468 g/mol. The predicted molar refractivity (Wildman–Crippen MR) is 114 cm³/mol. The molecule has 172 valence electrons. The van der Waals surface area contributed by atoms with Gasteiger partial charge in [0.15, 0.2) is 17.3 Å². The minimum Gasteiger partial charge on any atom is -0.289 e. The van der Waals surface area contributed by atoms with Crippen LogP contribution in [0.4, 0.5) is 0 Å². The van der Waals surface area contributed by atoms with Gasteiger partial charge in [0, 0.05) is 27.6 Å². The van der Waals surface area contributed by atoms with Crippen molar-refractivity contribution >= 4 is 28.2 Å². The van der Waals surface area contributed by atoms with Gasteiger partial charge in [-0.2, -0.15) is 0 Å². The standard InChI is InChI=1S/C24H21O3S.ClHO4/c25-22(19-10-4-1-5-11-19)16-28(17-23(26)20-12-6-2-7-13-20)18-24(27)21-14-8-3-9-15-21;2-1(3,4)5/h1-15H,16-18H2;(H,2,3,4,5)/q+1;/p-1. The van der Waals surface area contributed by atoms with Crippen molar-refractivity contribution in [3.63, 3.8) is 0 Å². The zero-order valence-electron chi connectivity index (χ0n) is 17.4. The normalized spacial score (nSPS) is 10.8. The second-order valence-electron chi connectivity index (χ2n) is 6.79. The van der Waals surface area contributed by atoms with E-state index in [1.165, 1.54) is 0 Å². The number of halogens is 1. The van der Waals surface area contributed by atoms with Gasteiger partial charge >= 0.3 is 0 Å². The number of ketones is 3. The van der Waals surface area contributed by atoms with Crippen LogP contribution in [0, 0.1) is 10.2 Å². The first kappa shape index (κ1) is 26.4. The predicted octanol–water partition coefficient (Wildman–Crippen LogP) is -0.503. The summed E-state index contributed by atoms with van der Waals surface area (Å²) < 4.78 is 34.0. The molecule has 3 aromatic carbocycles. The lowest BCUT2D eigenvalue weighted by molar-refractivity contribution is -2.00. The summed E-state index contributed by atoms with van der Waals surface area (Å²) in [6, 6.07) is 27.1. The maximum atomic E-state index is 12.7. The van der Waals surface area contributed by atoms with Crippen molar-refractivity contribution in [3.8, 4) is 0 Å². The Morgan fingerprint density at radius 1 is 0.515 bits per heavy atom. The van der Waals surface area contributed by atoms with Crippen LogP contribution < -0.4 is 18.6 Å². The lowest BCUT2D eigenvalue weighted by Gasteiger charge is -2.17. The average Bonchev–Trinajstić information content (AvgIpc) is 2.79. The van der Waals surface area contributed by atoms with Gasteiger partial charge < -0.3 is 0 Å². The Bertz CT molecular complexity index is 905. The lowest BCUT2D eigenvalue weighted by atomic mass is 10.1. The molecule has 0 spiro atoms. The number of carbonyl (C=O) groups excluding carboxylic acids is 3. The van der Waals surface area contributed by atoms with Crippen LogP contribution in [-0.2, 0) is 10.9 Å². The summed E-state index contributed by atoms with van der Waals surface area (Å²) in [6.07, 6.45) is 0. The minimum absolute atomic E-state index is 0.0364. The van der Waals surface area contributed by atoms with Crippen LogP contribution in [0.5, 0.6) is 0 Å². The first-order valence-electron chi connectivity index (χ1n) is 9.64. The summed E-state index contributed by atoms with van der Waals surface area (Å²) in [5.74, 6) is 0.478. The maximum Gasteiger partial charge on any atom is 0.211 e. The highest BCUT2D eigenvalue weighted by molar-refractivity contribution is 7.98. The number of hydrogen-bond donors (Lipinski definition) is 0. The second-order valence-corrected chi connectivity index (χ2v) is 9.64. The van der Waals surface area contributed by atoms with Crippen molar-refractivity contribution in [2.75, 3.05) is 17.3 Å². The van der Waals surface area contributed by atoms with Gasteiger partial charge in [-0.25, -0.2) is 18.6 Å². The van der Waals surface area contributed by atoms with Gasteiger partial charge in [-0.05, 0) is 0 Å². The molecule has 7 nitrogen and oxygen atoms in total. The fraction of sp³-hybridized carbons (Fsp3) is 0.125. The van der Waals surface area contributed by atoms with Crippen LogP contribution in [0.3, 0.4) is 0 Å². The molecule has 9 heteroatoms. The molecule has 0 radical (unpaired) electrons. The minimum atomic E-state index is -4.94. The topological polar surface area (TPSA) is 143 Å². The van der Waals surface area contributed by atoms with Gasteiger partial charge in [0.2, 0.25) is 17.3 Å².